The number of nitrogens with zero attached hydrogens (tertiary/aromatic N) is 5. The molecule has 10 heteroatoms. The Balaban J connectivity index is 1.80. The molecule has 1 unspecified atom stereocenters. The molecule has 0 saturated carbocycles. The second-order valence-corrected chi connectivity index (χ2v) is 11.6. The van der Waals surface area contributed by atoms with Gasteiger partial charge in [-0.15, -0.1) is 0 Å². The van der Waals surface area contributed by atoms with Crippen LogP contribution in [0, 0.1) is 12.7 Å². The molecule has 0 aliphatic carbocycles. The summed E-state index contributed by atoms with van der Waals surface area (Å²) in [6.45, 7) is 12.4. The van der Waals surface area contributed by atoms with Crippen LogP contribution in [0.3, 0.4) is 0 Å². The van der Waals surface area contributed by atoms with E-state index >= 15 is 0 Å². The van der Waals surface area contributed by atoms with Crippen molar-refractivity contribution in [1.29, 1.82) is 0 Å². The van der Waals surface area contributed by atoms with Crippen molar-refractivity contribution in [2.45, 2.75) is 51.6 Å². The number of rotatable bonds is 10. The van der Waals surface area contributed by atoms with E-state index in [1.54, 1.807) is 46.4 Å². The summed E-state index contributed by atoms with van der Waals surface area (Å²) in [4.78, 5) is 4.85. The van der Waals surface area contributed by atoms with E-state index in [-0.39, 0.29) is 23.3 Å². The van der Waals surface area contributed by atoms with Crippen molar-refractivity contribution in [3.63, 3.8) is 0 Å². The topological polar surface area (TPSA) is 70.9 Å². The maximum atomic E-state index is 14.2. The summed E-state index contributed by atoms with van der Waals surface area (Å²) in [5, 5.41) is 4.81. The highest BCUT2D eigenvalue weighted by molar-refractivity contribution is 7.89. The maximum Gasteiger partial charge on any atom is 0.243 e. The van der Waals surface area contributed by atoms with E-state index in [1.807, 2.05) is 26.8 Å². The van der Waals surface area contributed by atoms with Gasteiger partial charge < -0.3 is 14.5 Å². The number of sulfonamides is 1. The average Bonchev–Trinajstić information content (AvgIpc) is 3.26. The first-order valence-corrected chi connectivity index (χ1v) is 14.6. The van der Waals surface area contributed by atoms with Gasteiger partial charge in [0.1, 0.15) is 17.4 Å². The molecule has 38 heavy (non-hydrogen) atoms. The predicted molar refractivity (Wildman–Crippen MR) is 148 cm³/mol. The van der Waals surface area contributed by atoms with Crippen LogP contribution < -0.4 is 9.64 Å². The van der Waals surface area contributed by atoms with Crippen LogP contribution in [0.4, 0.5) is 10.2 Å². The Morgan fingerprint density at radius 3 is 2.34 bits per heavy atom. The number of likely N-dealkylation sites (N-methyl/N-ethyl adjacent to an activating group) is 1. The molecule has 2 heterocycles. The molecule has 1 fully saturated rings. The van der Waals surface area contributed by atoms with Gasteiger partial charge in [-0.05, 0) is 69.3 Å². The summed E-state index contributed by atoms with van der Waals surface area (Å²) in [7, 11) is -2.27. The van der Waals surface area contributed by atoms with E-state index in [9.17, 15) is 12.8 Å². The minimum Gasteiger partial charge on any atom is -0.497 e. The number of aryl methyl sites for hydroxylation is 1. The van der Waals surface area contributed by atoms with Gasteiger partial charge in [-0.2, -0.15) is 9.40 Å². The van der Waals surface area contributed by atoms with Crippen LogP contribution in [-0.4, -0.2) is 73.3 Å². The quantitative estimate of drug-likeness (QED) is 0.376. The molecule has 0 radical (unpaired) electrons. The van der Waals surface area contributed by atoms with Crippen LogP contribution in [0.25, 0.3) is 5.69 Å². The molecular formula is C28H38FN5O3S. The van der Waals surface area contributed by atoms with Crippen LogP contribution in [0.1, 0.15) is 38.4 Å². The van der Waals surface area contributed by atoms with E-state index < -0.39 is 10.0 Å². The average molecular weight is 544 g/mol. The molecular weight excluding hydrogens is 505 g/mol. The molecule has 1 atom stereocenters. The lowest BCUT2D eigenvalue weighted by atomic mass is 10.1. The summed E-state index contributed by atoms with van der Waals surface area (Å²) in [5.41, 5.74) is 2.16. The van der Waals surface area contributed by atoms with Crippen LogP contribution in [0.15, 0.2) is 53.4 Å². The summed E-state index contributed by atoms with van der Waals surface area (Å²) in [5.74, 6) is 1.07. The Labute approximate surface area is 225 Å². The molecule has 8 nitrogen and oxygen atoms in total. The van der Waals surface area contributed by atoms with E-state index in [0.717, 1.165) is 49.8 Å². The Hall–Kier alpha value is -2.95. The third kappa shape index (κ3) is 5.72. The maximum absolute atomic E-state index is 14.2. The lowest BCUT2D eigenvalue weighted by Crippen LogP contribution is -2.47. The lowest BCUT2D eigenvalue weighted by Gasteiger charge is -2.36. The van der Waals surface area contributed by atoms with E-state index in [2.05, 4.69) is 16.7 Å². The fourth-order valence-corrected chi connectivity index (χ4v) is 6.51. The van der Waals surface area contributed by atoms with Gasteiger partial charge in [-0.1, -0.05) is 19.9 Å². The molecule has 2 aromatic carbocycles. The molecule has 1 aromatic heterocycles. The Morgan fingerprint density at radius 2 is 1.76 bits per heavy atom. The van der Waals surface area contributed by atoms with Crippen molar-refractivity contribution < 1.29 is 17.5 Å². The van der Waals surface area contributed by atoms with E-state index in [1.165, 1.54) is 12.1 Å². The molecule has 0 spiro atoms. The normalized spacial score (nSPS) is 15.7. The van der Waals surface area contributed by atoms with Gasteiger partial charge in [-0.3, -0.25) is 0 Å². The van der Waals surface area contributed by atoms with Crippen molar-refractivity contribution in [3.05, 3.63) is 65.6 Å². The molecule has 1 saturated heterocycles. The molecule has 4 rings (SSSR count). The van der Waals surface area contributed by atoms with Crippen LogP contribution in [0.5, 0.6) is 5.75 Å². The number of benzene rings is 2. The Morgan fingerprint density at radius 1 is 1.08 bits per heavy atom. The summed E-state index contributed by atoms with van der Waals surface area (Å²) >= 11 is 0. The number of hydrogen-bond donors (Lipinski definition) is 0. The number of methoxy groups -OCH3 is 1. The summed E-state index contributed by atoms with van der Waals surface area (Å²) < 4.78 is 50.6. The number of anilines is 1. The molecule has 1 aliphatic rings. The zero-order valence-electron chi connectivity index (χ0n) is 22.9. The zero-order chi connectivity index (χ0) is 27.4. The monoisotopic (exact) mass is 543 g/mol. The minimum absolute atomic E-state index is 0.161. The van der Waals surface area contributed by atoms with Crippen LogP contribution in [0.2, 0.25) is 0 Å². The fourth-order valence-electron chi connectivity index (χ4n) is 4.84. The van der Waals surface area contributed by atoms with Crippen molar-refractivity contribution in [1.82, 2.24) is 19.0 Å². The number of aromatic nitrogens is 2. The number of halogens is 1. The Kier molecular flexibility index (Phi) is 8.74. The van der Waals surface area contributed by atoms with Gasteiger partial charge in [-0.25, -0.2) is 17.5 Å². The highest BCUT2D eigenvalue weighted by atomic mass is 32.2. The van der Waals surface area contributed by atoms with E-state index in [4.69, 9.17) is 9.84 Å². The van der Waals surface area contributed by atoms with Crippen molar-refractivity contribution in [2.24, 2.45) is 0 Å². The highest BCUT2D eigenvalue weighted by Crippen LogP contribution is 2.33. The third-order valence-electron chi connectivity index (χ3n) is 7.39. The SMILES string of the molecule is CCC(C)N(Cc1c(C)nn(-c2cccc(F)c2)c1N1CCN(CC)CC1)S(=O)(=O)c1ccc(OC)cc1. The number of piperazine rings is 1. The zero-order valence-corrected chi connectivity index (χ0v) is 23.7. The molecule has 1 aliphatic heterocycles. The van der Waals surface area contributed by atoms with E-state index in [0.29, 0.717) is 17.9 Å². The second kappa shape index (κ2) is 11.8. The number of hydrogen-bond acceptors (Lipinski definition) is 6. The van der Waals surface area contributed by atoms with Gasteiger partial charge >= 0.3 is 0 Å². The van der Waals surface area contributed by atoms with Crippen LogP contribution in [-0.2, 0) is 16.6 Å². The van der Waals surface area contributed by atoms with Gasteiger partial charge in [0.15, 0.2) is 0 Å². The second-order valence-electron chi connectivity index (χ2n) is 9.68. The first-order chi connectivity index (χ1) is 18.2. The van der Waals surface area contributed by atoms with Gasteiger partial charge in [0.2, 0.25) is 10.0 Å². The third-order valence-corrected chi connectivity index (χ3v) is 9.37. The van der Waals surface area contributed by atoms with Crippen LogP contribution >= 0.6 is 0 Å². The Bertz CT molecular complexity index is 1340. The first kappa shape index (κ1) is 28.1. The lowest BCUT2D eigenvalue weighted by molar-refractivity contribution is 0.269. The molecule has 0 amide bonds. The van der Waals surface area contributed by atoms with Crippen molar-refractivity contribution in [2.75, 3.05) is 44.7 Å². The molecule has 0 N–H and O–H groups in total. The van der Waals surface area contributed by atoms with Gasteiger partial charge in [0.25, 0.3) is 0 Å². The van der Waals surface area contributed by atoms with Gasteiger partial charge in [0.05, 0.1) is 23.4 Å². The molecule has 0 bridgehead atoms. The molecule has 3 aromatic rings. The minimum atomic E-state index is -3.82. The highest BCUT2D eigenvalue weighted by Gasteiger charge is 2.33. The standard InChI is InChI=1S/C28H38FN5O3S/c1-6-21(3)33(38(35,36)26-13-11-25(37-5)12-14-26)20-27-22(4)30-34(24-10-8-9-23(29)19-24)28(27)32-17-15-31(7-2)16-18-32/h8-14,19,21H,6-7,15-18,20H2,1-5H3. The van der Waals surface area contributed by atoms with Crippen molar-refractivity contribution >= 4 is 15.8 Å². The molecule has 206 valence electrons. The first-order valence-electron chi connectivity index (χ1n) is 13.2. The van der Waals surface area contributed by atoms with Gasteiger partial charge in [0, 0.05) is 44.3 Å². The fraction of sp³-hybridized carbons (Fsp3) is 0.464. The summed E-state index contributed by atoms with van der Waals surface area (Å²) in [6, 6.07) is 12.6. The smallest absolute Gasteiger partial charge is 0.243 e. The van der Waals surface area contributed by atoms with Crippen molar-refractivity contribution in [3.8, 4) is 11.4 Å². The largest absolute Gasteiger partial charge is 0.497 e. The number of ether oxygens (including phenoxy) is 1. The summed E-state index contributed by atoms with van der Waals surface area (Å²) in [6.07, 6.45) is 0.650. The predicted octanol–water partition coefficient (Wildman–Crippen LogP) is 4.46.